The predicted octanol–water partition coefficient (Wildman–Crippen LogP) is 2.92. The van der Waals surface area contributed by atoms with Crippen molar-refractivity contribution in [2.75, 3.05) is 40.3 Å². The number of carbonyl (C=O) groups is 1. The number of ether oxygens (including phenoxy) is 1. The van der Waals surface area contributed by atoms with Crippen molar-refractivity contribution in [2.24, 2.45) is 4.99 Å². The van der Waals surface area contributed by atoms with E-state index in [-0.39, 0.29) is 47.9 Å². The second-order valence-electron chi connectivity index (χ2n) is 8.18. The molecule has 7 heteroatoms. The number of nitrogens with one attached hydrogen (secondary N) is 2. The normalized spacial score (nSPS) is 20.8. The van der Waals surface area contributed by atoms with E-state index in [0.717, 1.165) is 32.5 Å². The van der Waals surface area contributed by atoms with Gasteiger partial charge in [-0.15, -0.1) is 24.0 Å². The molecule has 2 N–H and O–H groups in total. The number of halogens is 1. The van der Waals surface area contributed by atoms with Crippen LogP contribution < -0.4 is 10.6 Å². The van der Waals surface area contributed by atoms with E-state index in [2.05, 4.69) is 46.0 Å². The monoisotopic (exact) mass is 514 g/mol. The van der Waals surface area contributed by atoms with Gasteiger partial charge < -0.3 is 20.3 Å². The van der Waals surface area contributed by atoms with Crippen molar-refractivity contribution >= 4 is 35.8 Å². The summed E-state index contributed by atoms with van der Waals surface area (Å²) < 4.78 is 5.82. The van der Waals surface area contributed by atoms with Gasteiger partial charge in [0.1, 0.15) is 6.54 Å². The number of nitrogens with zero attached hydrogens (tertiary/aromatic N) is 2. The first kappa shape index (κ1) is 23.9. The third-order valence-electron chi connectivity index (χ3n) is 5.93. The van der Waals surface area contributed by atoms with Crippen LogP contribution in [0.5, 0.6) is 0 Å². The molecule has 1 unspecified atom stereocenters. The van der Waals surface area contributed by atoms with Gasteiger partial charge in [-0.3, -0.25) is 4.79 Å². The van der Waals surface area contributed by atoms with Crippen molar-refractivity contribution in [3.8, 4) is 0 Å². The first-order valence-corrected chi connectivity index (χ1v) is 10.5. The third-order valence-corrected chi connectivity index (χ3v) is 5.93. The van der Waals surface area contributed by atoms with Gasteiger partial charge in [-0.2, -0.15) is 0 Å². The highest BCUT2D eigenvalue weighted by molar-refractivity contribution is 14.0. The molecule has 1 aromatic rings. The lowest BCUT2D eigenvalue weighted by Crippen LogP contribution is -2.50. The Labute approximate surface area is 191 Å². The van der Waals surface area contributed by atoms with E-state index in [4.69, 9.17) is 4.74 Å². The Balaban J connectivity index is 0.00000300. The molecule has 1 aliphatic carbocycles. The zero-order valence-corrected chi connectivity index (χ0v) is 20.0. The van der Waals surface area contributed by atoms with Gasteiger partial charge in [0.25, 0.3) is 0 Å². The molecule has 1 amide bonds. The van der Waals surface area contributed by atoms with Crippen LogP contribution in [-0.4, -0.2) is 63.2 Å². The fourth-order valence-corrected chi connectivity index (χ4v) is 3.86. The summed E-state index contributed by atoms with van der Waals surface area (Å²) in [4.78, 5) is 18.1. The Morgan fingerprint density at radius 2 is 1.93 bits per heavy atom. The molecule has 2 aliphatic rings. The summed E-state index contributed by atoms with van der Waals surface area (Å²) in [6.45, 7) is 2.53. The third kappa shape index (κ3) is 6.84. The number of amides is 1. The van der Waals surface area contributed by atoms with Crippen molar-refractivity contribution < 1.29 is 9.53 Å². The Morgan fingerprint density at radius 3 is 2.52 bits per heavy atom. The minimum atomic E-state index is -0.00330. The number of aliphatic imine (C=N–C) groups is 1. The Bertz CT molecular complexity index is 656. The smallest absolute Gasteiger partial charge is 0.243 e. The molecular formula is C22H35IN4O2. The van der Waals surface area contributed by atoms with Crippen molar-refractivity contribution in [1.82, 2.24) is 15.5 Å². The van der Waals surface area contributed by atoms with Crippen LogP contribution in [0, 0.1) is 0 Å². The standard InChI is InChI=1S/C22H34N4O2.HI/c1-26(2)20(27)16-24-21(23-15-19-11-6-7-14-28-19)25-17-22(12-8-13-22)18-9-4-3-5-10-18;/h3-5,9-10,19H,6-8,11-17H2,1-2H3,(H2,23,24,25);1H. The van der Waals surface area contributed by atoms with Crippen LogP contribution >= 0.6 is 24.0 Å². The van der Waals surface area contributed by atoms with Crippen LogP contribution in [0.4, 0.5) is 0 Å². The second kappa shape index (κ2) is 11.7. The van der Waals surface area contributed by atoms with E-state index in [1.807, 2.05) is 0 Å². The van der Waals surface area contributed by atoms with Crippen LogP contribution in [-0.2, 0) is 14.9 Å². The Hall–Kier alpha value is -1.35. The fourth-order valence-electron chi connectivity index (χ4n) is 3.86. The Morgan fingerprint density at radius 1 is 1.17 bits per heavy atom. The molecule has 6 nitrogen and oxygen atoms in total. The summed E-state index contributed by atoms with van der Waals surface area (Å²) in [5.41, 5.74) is 1.55. The highest BCUT2D eigenvalue weighted by Gasteiger charge is 2.38. The summed E-state index contributed by atoms with van der Waals surface area (Å²) >= 11 is 0. The summed E-state index contributed by atoms with van der Waals surface area (Å²) in [7, 11) is 3.51. The number of guanidine groups is 1. The minimum Gasteiger partial charge on any atom is -0.376 e. The van der Waals surface area contributed by atoms with E-state index in [1.165, 1.54) is 31.2 Å². The first-order valence-electron chi connectivity index (χ1n) is 10.5. The van der Waals surface area contributed by atoms with Gasteiger partial charge in [0.2, 0.25) is 5.91 Å². The quantitative estimate of drug-likeness (QED) is 0.334. The van der Waals surface area contributed by atoms with Crippen molar-refractivity contribution in [2.45, 2.75) is 50.0 Å². The second-order valence-corrected chi connectivity index (χ2v) is 8.18. The van der Waals surface area contributed by atoms with Gasteiger partial charge in [0.15, 0.2) is 5.96 Å². The molecule has 0 bridgehead atoms. The molecule has 1 saturated carbocycles. The lowest BCUT2D eigenvalue weighted by Gasteiger charge is -2.43. The molecule has 2 fully saturated rings. The number of carbonyl (C=O) groups excluding carboxylic acids is 1. The SMILES string of the molecule is CN(C)C(=O)CN=C(NCC1CCCCO1)NCC1(c2ccccc2)CCC1.I. The van der Waals surface area contributed by atoms with Gasteiger partial charge >= 0.3 is 0 Å². The van der Waals surface area contributed by atoms with Gasteiger partial charge in [-0.1, -0.05) is 36.8 Å². The molecule has 1 atom stereocenters. The van der Waals surface area contributed by atoms with Crippen LogP contribution in [0.1, 0.15) is 44.1 Å². The maximum Gasteiger partial charge on any atom is 0.243 e. The van der Waals surface area contributed by atoms with E-state index >= 15 is 0 Å². The summed E-state index contributed by atoms with van der Waals surface area (Å²) in [6, 6.07) is 10.7. The van der Waals surface area contributed by atoms with Crippen molar-refractivity contribution in [3.63, 3.8) is 0 Å². The van der Waals surface area contributed by atoms with Crippen molar-refractivity contribution in [1.29, 1.82) is 0 Å². The number of likely N-dealkylation sites (N-methyl/N-ethyl adjacent to an activating group) is 1. The van der Waals surface area contributed by atoms with Gasteiger partial charge in [0.05, 0.1) is 6.10 Å². The predicted molar refractivity (Wildman–Crippen MR) is 128 cm³/mol. The van der Waals surface area contributed by atoms with Gasteiger partial charge in [-0.25, -0.2) is 4.99 Å². The van der Waals surface area contributed by atoms with E-state index < -0.39 is 0 Å². The first-order chi connectivity index (χ1) is 13.6. The lowest BCUT2D eigenvalue weighted by molar-refractivity contribution is -0.127. The topological polar surface area (TPSA) is 66.0 Å². The highest BCUT2D eigenvalue weighted by atomic mass is 127. The molecule has 0 aromatic heterocycles. The molecule has 1 aliphatic heterocycles. The highest BCUT2D eigenvalue weighted by Crippen LogP contribution is 2.43. The molecule has 162 valence electrons. The zero-order valence-electron chi connectivity index (χ0n) is 17.7. The molecule has 1 heterocycles. The summed E-state index contributed by atoms with van der Waals surface area (Å²) in [5, 5.41) is 6.91. The molecular weight excluding hydrogens is 479 g/mol. The molecule has 1 saturated heterocycles. The van der Waals surface area contributed by atoms with Crippen LogP contribution in [0.2, 0.25) is 0 Å². The maximum absolute atomic E-state index is 12.0. The zero-order chi connectivity index (χ0) is 19.8. The number of hydrogen-bond acceptors (Lipinski definition) is 3. The van der Waals surface area contributed by atoms with Gasteiger partial charge in [0, 0.05) is 39.2 Å². The Kier molecular flexibility index (Phi) is 9.68. The summed E-state index contributed by atoms with van der Waals surface area (Å²) in [6.07, 6.45) is 7.27. The summed E-state index contributed by atoms with van der Waals surface area (Å²) in [5.74, 6) is 0.697. The van der Waals surface area contributed by atoms with Crippen LogP contribution in [0.3, 0.4) is 0 Å². The van der Waals surface area contributed by atoms with Crippen LogP contribution in [0.25, 0.3) is 0 Å². The van der Waals surface area contributed by atoms with Crippen molar-refractivity contribution in [3.05, 3.63) is 35.9 Å². The fraction of sp³-hybridized carbons (Fsp3) is 0.636. The average molecular weight is 514 g/mol. The molecule has 0 radical (unpaired) electrons. The number of hydrogen-bond donors (Lipinski definition) is 2. The van der Waals surface area contributed by atoms with Gasteiger partial charge in [-0.05, 0) is 37.7 Å². The maximum atomic E-state index is 12.0. The number of benzene rings is 1. The molecule has 29 heavy (non-hydrogen) atoms. The lowest BCUT2D eigenvalue weighted by atomic mass is 9.64. The van der Waals surface area contributed by atoms with Crippen LogP contribution in [0.15, 0.2) is 35.3 Å². The molecule has 1 aromatic carbocycles. The molecule has 3 rings (SSSR count). The minimum absolute atomic E-state index is 0. The van der Waals surface area contributed by atoms with E-state index in [0.29, 0.717) is 5.96 Å². The average Bonchev–Trinajstić information content (AvgIpc) is 2.69. The largest absolute Gasteiger partial charge is 0.376 e. The number of rotatable bonds is 7. The molecule has 0 spiro atoms. The van der Waals surface area contributed by atoms with E-state index in [1.54, 1.807) is 19.0 Å². The van der Waals surface area contributed by atoms with E-state index in [9.17, 15) is 4.79 Å².